The van der Waals surface area contributed by atoms with Gasteiger partial charge < -0.3 is 10.2 Å². The summed E-state index contributed by atoms with van der Waals surface area (Å²) in [5.74, 6) is -1.96. The number of aryl methyl sites for hydroxylation is 2. The van der Waals surface area contributed by atoms with Crippen LogP contribution in [0.15, 0.2) is 18.2 Å². The number of fused-ring (bicyclic) bond motifs is 1. The molecule has 1 saturated heterocycles. The van der Waals surface area contributed by atoms with Crippen molar-refractivity contribution in [3.63, 3.8) is 0 Å². The summed E-state index contributed by atoms with van der Waals surface area (Å²) in [6.07, 6.45) is 0.258. The summed E-state index contributed by atoms with van der Waals surface area (Å²) < 4.78 is 0. The van der Waals surface area contributed by atoms with E-state index in [0.717, 1.165) is 16.7 Å². The van der Waals surface area contributed by atoms with Gasteiger partial charge in [-0.2, -0.15) is 0 Å². The molecule has 1 aliphatic carbocycles. The van der Waals surface area contributed by atoms with Crippen molar-refractivity contribution >= 4 is 11.9 Å². The van der Waals surface area contributed by atoms with E-state index in [1.807, 2.05) is 30.9 Å². The Hall–Kier alpha value is -1.88. The maximum absolute atomic E-state index is 11.5. The Bertz CT molecular complexity index is 613. The summed E-state index contributed by atoms with van der Waals surface area (Å²) in [5, 5.41) is 18.8. The summed E-state index contributed by atoms with van der Waals surface area (Å²) in [7, 11) is 0. The van der Waals surface area contributed by atoms with Gasteiger partial charge in [0.25, 0.3) is 0 Å². The number of hydrogen-bond acceptors (Lipinski definition) is 3. The van der Waals surface area contributed by atoms with Crippen molar-refractivity contribution < 1.29 is 19.8 Å². The Kier molecular flexibility index (Phi) is 2.89. The first kappa shape index (κ1) is 14.1. The van der Waals surface area contributed by atoms with Crippen molar-refractivity contribution in [1.29, 1.82) is 0 Å². The molecule has 0 amide bonds. The van der Waals surface area contributed by atoms with Crippen LogP contribution in [-0.2, 0) is 16.1 Å². The normalized spacial score (nSPS) is 31.0. The van der Waals surface area contributed by atoms with Gasteiger partial charge in [-0.15, -0.1) is 0 Å². The van der Waals surface area contributed by atoms with Crippen LogP contribution >= 0.6 is 0 Å². The summed E-state index contributed by atoms with van der Waals surface area (Å²) in [5.41, 5.74) is 1.26. The van der Waals surface area contributed by atoms with Crippen LogP contribution < -0.4 is 0 Å². The van der Waals surface area contributed by atoms with Gasteiger partial charge in [0.1, 0.15) is 0 Å². The first-order valence-corrected chi connectivity index (χ1v) is 7.06. The smallest absolute Gasteiger partial charge is 0.312 e. The quantitative estimate of drug-likeness (QED) is 0.881. The average Bonchev–Trinajstić information content (AvgIpc) is 2.94. The lowest BCUT2D eigenvalue weighted by molar-refractivity contribution is -0.151. The van der Waals surface area contributed by atoms with Gasteiger partial charge in [0.15, 0.2) is 0 Å². The summed E-state index contributed by atoms with van der Waals surface area (Å²) >= 11 is 0. The van der Waals surface area contributed by atoms with E-state index in [-0.39, 0.29) is 6.42 Å². The molecule has 0 unspecified atom stereocenters. The molecule has 1 aromatic rings. The van der Waals surface area contributed by atoms with E-state index in [2.05, 4.69) is 6.07 Å². The standard InChI is InChI=1S/C16H19NO4/c1-10-3-4-11(2)12(5-10)6-17-8-15(13(18)19)7-16(15,9-17)14(20)21/h3-5H,6-9H2,1-2H3,(H,18,19)(H,20,21)/t15-,16+. The Balaban J connectivity index is 1.83. The highest BCUT2D eigenvalue weighted by molar-refractivity contribution is 5.94. The van der Waals surface area contributed by atoms with E-state index in [1.165, 1.54) is 0 Å². The van der Waals surface area contributed by atoms with Crippen molar-refractivity contribution in [1.82, 2.24) is 4.90 Å². The second-order valence-electron chi connectivity index (χ2n) is 6.53. The molecule has 1 aliphatic heterocycles. The molecule has 0 spiro atoms. The Morgan fingerprint density at radius 3 is 2.24 bits per heavy atom. The zero-order chi connectivity index (χ0) is 15.4. The highest BCUT2D eigenvalue weighted by Crippen LogP contribution is 2.68. The molecular formula is C16H19NO4. The van der Waals surface area contributed by atoms with Gasteiger partial charge in [-0.3, -0.25) is 14.5 Å². The lowest BCUT2D eigenvalue weighted by atomic mass is 9.97. The highest BCUT2D eigenvalue weighted by Gasteiger charge is 2.80. The fourth-order valence-corrected chi connectivity index (χ4v) is 3.72. The van der Waals surface area contributed by atoms with Crippen molar-refractivity contribution in [3.8, 4) is 0 Å². The molecule has 2 atom stereocenters. The molecule has 3 rings (SSSR count). The summed E-state index contributed by atoms with van der Waals surface area (Å²) in [6, 6.07) is 6.17. The fraction of sp³-hybridized carbons (Fsp3) is 0.500. The monoisotopic (exact) mass is 289 g/mol. The average molecular weight is 289 g/mol. The number of piperidine rings is 1. The number of benzene rings is 1. The molecular weight excluding hydrogens is 270 g/mol. The van der Waals surface area contributed by atoms with E-state index >= 15 is 0 Å². The molecule has 2 aliphatic rings. The fourth-order valence-electron chi connectivity index (χ4n) is 3.72. The van der Waals surface area contributed by atoms with Crippen LogP contribution in [-0.4, -0.2) is 40.1 Å². The third-order valence-electron chi connectivity index (χ3n) is 5.10. The van der Waals surface area contributed by atoms with Gasteiger partial charge in [-0.1, -0.05) is 23.8 Å². The molecule has 112 valence electrons. The zero-order valence-corrected chi connectivity index (χ0v) is 12.2. The lowest BCUT2D eigenvalue weighted by Crippen LogP contribution is -2.28. The van der Waals surface area contributed by atoms with Crippen molar-refractivity contribution in [2.75, 3.05) is 13.1 Å². The SMILES string of the molecule is Cc1ccc(C)c(CN2C[C@@]3(C(=O)O)C[C@@]3(C(=O)O)C2)c1. The Labute approximate surface area is 123 Å². The summed E-state index contributed by atoms with van der Waals surface area (Å²) in [4.78, 5) is 25.0. The number of likely N-dealkylation sites (tertiary alicyclic amines) is 1. The largest absolute Gasteiger partial charge is 0.481 e. The molecule has 2 fully saturated rings. The van der Waals surface area contributed by atoms with Crippen LogP contribution in [0.5, 0.6) is 0 Å². The molecule has 21 heavy (non-hydrogen) atoms. The number of rotatable bonds is 4. The molecule has 2 N–H and O–H groups in total. The van der Waals surface area contributed by atoms with Crippen LogP contribution in [0.3, 0.4) is 0 Å². The maximum Gasteiger partial charge on any atom is 0.312 e. The van der Waals surface area contributed by atoms with Gasteiger partial charge >= 0.3 is 11.9 Å². The van der Waals surface area contributed by atoms with E-state index in [1.54, 1.807) is 0 Å². The minimum Gasteiger partial charge on any atom is -0.481 e. The van der Waals surface area contributed by atoms with Crippen molar-refractivity contribution in [3.05, 3.63) is 34.9 Å². The lowest BCUT2D eigenvalue weighted by Gasteiger charge is -2.21. The number of carboxylic acid groups (broad SMARTS) is 2. The molecule has 1 saturated carbocycles. The van der Waals surface area contributed by atoms with Crippen molar-refractivity contribution in [2.24, 2.45) is 10.8 Å². The van der Waals surface area contributed by atoms with Gasteiger partial charge in [0.05, 0.1) is 10.8 Å². The van der Waals surface area contributed by atoms with Crippen LogP contribution in [0.1, 0.15) is 23.1 Å². The molecule has 5 nitrogen and oxygen atoms in total. The van der Waals surface area contributed by atoms with E-state index in [0.29, 0.717) is 19.6 Å². The zero-order valence-electron chi connectivity index (χ0n) is 12.2. The number of carbonyl (C=O) groups is 2. The van der Waals surface area contributed by atoms with E-state index in [9.17, 15) is 19.8 Å². The third kappa shape index (κ3) is 1.87. The topological polar surface area (TPSA) is 77.8 Å². The van der Waals surface area contributed by atoms with Gasteiger partial charge in [0.2, 0.25) is 0 Å². The maximum atomic E-state index is 11.5. The highest BCUT2D eigenvalue weighted by atomic mass is 16.4. The van der Waals surface area contributed by atoms with Crippen LogP contribution in [0, 0.1) is 24.7 Å². The molecule has 0 bridgehead atoms. The molecule has 0 radical (unpaired) electrons. The first-order chi connectivity index (χ1) is 9.80. The second-order valence-corrected chi connectivity index (χ2v) is 6.53. The van der Waals surface area contributed by atoms with Crippen LogP contribution in [0.4, 0.5) is 0 Å². The van der Waals surface area contributed by atoms with Crippen LogP contribution in [0.25, 0.3) is 0 Å². The van der Waals surface area contributed by atoms with Gasteiger partial charge in [0, 0.05) is 19.6 Å². The van der Waals surface area contributed by atoms with Crippen LogP contribution in [0.2, 0.25) is 0 Å². The Morgan fingerprint density at radius 2 is 1.71 bits per heavy atom. The van der Waals surface area contributed by atoms with E-state index in [4.69, 9.17) is 0 Å². The molecule has 5 heteroatoms. The van der Waals surface area contributed by atoms with Crippen molar-refractivity contribution in [2.45, 2.75) is 26.8 Å². The number of carboxylic acids is 2. The third-order valence-corrected chi connectivity index (χ3v) is 5.10. The minimum absolute atomic E-state index is 0.258. The molecule has 1 heterocycles. The summed E-state index contributed by atoms with van der Waals surface area (Å²) in [6.45, 7) is 5.29. The predicted molar refractivity (Wildman–Crippen MR) is 75.9 cm³/mol. The molecule has 0 aromatic heterocycles. The van der Waals surface area contributed by atoms with Gasteiger partial charge in [-0.05, 0) is 31.4 Å². The number of hydrogen-bond donors (Lipinski definition) is 2. The van der Waals surface area contributed by atoms with E-state index < -0.39 is 22.8 Å². The first-order valence-electron chi connectivity index (χ1n) is 7.06. The minimum atomic E-state index is -1.09. The Morgan fingerprint density at radius 1 is 1.14 bits per heavy atom. The predicted octanol–water partition coefficient (Wildman–Crippen LogP) is 1.66. The van der Waals surface area contributed by atoms with Gasteiger partial charge in [-0.25, -0.2) is 0 Å². The molecule has 1 aromatic carbocycles. The number of aliphatic carboxylic acids is 2. The number of nitrogens with zero attached hydrogens (tertiary/aromatic N) is 1. The second kappa shape index (κ2) is 4.31.